The van der Waals surface area contributed by atoms with E-state index in [-0.39, 0.29) is 0 Å². The van der Waals surface area contributed by atoms with Crippen LogP contribution in [-0.4, -0.2) is 28.2 Å². The monoisotopic (exact) mass is 1780 g/mol. The standard InChI is InChI=1S/3C33H20N2.15C2H6/c1-3-9-23-19(7-1)14-22-16-29-27(17-25(22)23)28-15-21-13-20-8-2-4-10-24(20)26(21)18-32(28)35-31-12-6-5-11-30(31)34-33(29)35;1-3-9-23-19(7-1)16-22-17-30-27(18-26(22)23)32-25(33-34-28-11-5-6-12-29(28)35(30)33)14-13-21-15-20-8-2-4-10-24(20)31(21)32;1-3-9-23-19(7-1)16-22-17-27-30(18-26(22)23)35-29-12-6-5-11-28(29)34-33(35)25-14-13-21-15-20-8-2-4-10-24(20)31(21)32(25)27;15*1-2/h1-12,15-18H,13-14H2;2*1-14,17-18H,15-16H2;15*1-2H3. The SMILES string of the molecule is CC.CC.CC.CC.CC.CC.CC.CC.CC.CC.CC.CC.CC.CC.CC.c1ccc2c(c1)Cc1cc3c(cc1-2)c1c2c(ccc1c1nc4ccccc4n31)Cc1ccccc1-2.c1ccc2c(c1)Cc1cc3c(cc1-2)c1cc2c(cc1n1c4ccccc4nc31)-c1ccccc1C2.c1ccc2c(c1)Cc1cc3c4c5c(ccc4c4nc6ccccc6n4c3cc1-2)Cc1ccccc1-5. The average molecular weight is 1780 g/mol. The van der Waals surface area contributed by atoms with Crippen molar-refractivity contribution < 1.29 is 0 Å². The number of pyridine rings is 3. The molecule has 6 aliphatic carbocycles. The van der Waals surface area contributed by atoms with Crippen molar-refractivity contribution in [1.29, 1.82) is 0 Å². The largest absolute Gasteiger partial charge is 0.292 e. The predicted molar refractivity (Wildman–Crippen MR) is 603 cm³/mol. The normalized spacial score (nSPS) is 11.2. The van der Waals surface area contributed by atoms with Crippen molar-refractivity contribution in [2.45, 2.75) is 246 Å². The van der Waals surface area contributed by atoms with E-state index >= 15 is 0 Å². The van der Waals surface area contributed by atoms with Crippen LogP contribution in [0.2, 0.25) is 0 Å². The minimum atomic E-state index is 0.989. The van der Waals surface area contributed by atoms with Gasteiger partial charge in [0.05, 0.1) is 49.7 Å². The van der Waals surface area contributed by atoms with Gasteiger partial charge in [-0.1, -0.05) is 414 Å². The molecule has 6 aliphatic rings. The number of para-hydroxylation sites is 6. The molecule has 27 rings (SSSR count). The second-order valence-corrected chi connectivity index (χ2v) is 30.0. The summed E-state index contributed by atoms with van der Waals surface area (Å²) in [7, 11) is 0. The van der Waals surface area contributed by atoms with E-state index in [0.29, 0.717) is 0 Å². The summed E-state index contributed by atoms with van der Waals surface area (Å²) in [6.07, 6.45) is 5.98. The molecule has 6 nitrogen and oxygen atoms in total. The molecule has 15 aromatic carbocycles. The number of aromatic nitrogens is 6. The lowest BCUT2D eigenvalue weighted by Crippen LogP contribution is -1.95. The van der Waals surface area contributed by atoms with Crippen LogP contribution in [0.3, 0.4) is 0 Å². The van der Waals surface area contributed by atoms with Crippen molar-refractivity contribution in [1.82, 2.24) is 28.2 Å². The van der Waals surface area contributed by atoms with E-state index in [1.165, 1.54) is 215 Å². The Kier molecular flexibility index (Phi) is 37.7. The first-order chi connectivity index (χ1) is 67.0. The third kappa shape index (κ3) is 18.4. The number of hydrogen-bond donors (Lipinski definition) is 0. The van der Waals surface area contributed by atoms with Gasteiger partial charge in [0.25, 0.3) is 0 Å². The Balaban J connectivity index is 0.000000184. The summed E-state index contributed by atoms with van der Waals surface area (Å²) >= 11 is 0. The van der Waals surface area contributed by atoms with Crippen molar-refractivity contribution in [3.05, 3.63) is 358 Å². The quantitative estimate of drug-likeness (QED) is 0.142. The molecule has 0 aliphatic heterocycles. The summed E-state index contributed by atoms with van der Waals surface area (Å²) in [5.74, 6) is 0. The summed E-state index contributed by atoms with van der Waals surface area (Å²) in [5, 5.41) is 11.7. The summed E-state index contributed by atoms with van der Waals surface area (Å²) in [6.45, 7) is 60.0. The Morgan fingerprint density at radius 2 is 0.385 bits per heavy atom. The zero-order valence-corrected chi connectivity index (χ0v) is 87.1. The molecule has 135 heavy (non-hydrogen) atoms. The summed E-state index contributed by atoms with van der Waals surface area (Å²) in [6, 6.07) is 108. The van der Waals surface area contributed by atoms with Gasteiger partial charge in [-0.3, -0.25) is 13.2 Å². The van der Waals surface area contributed by atoms with Gasteiger partial charge in [0.15, 0.2) is 0 Å². The van der Waals surface area contributed by atoms with Crippen LogP contribution in [0, 0.1) is 0 Å². The molecule has 0 amide bonds. The highest BCUT2D eigenvalue weighted by atomic mass is 15.0. The fraction of sp³-hybridized carbons (Fsp3) is 0.279. The first kappa shape index (κ1) is 104. The van der Waals surface area contributed by atoms with Crippen LogP contribution in [0.4, 0.5) is 0 Å². The third-order valence-corrected chi connectivity index (χ3v) is 24.5. The fourth-order valence-electron chi connectivity index (χ4n) is 20.0. The number of fused-ring (bicyclic) bond motifs is 44. The molecule has 0 fully saturated rings. The first-order valence-corrected chi connectivity index (χ1v) is 52.0. The van der Waals surface area contributed by atoms with Gasteiger partial charge in [0.1, 0.15) is 16.9 Å². The van der Waals surface area contributed by atoms with Crippen molar-refractivity contribution in [2.24, 2.45) is 0 Å². The number of hydrogen-bond acceptors (Lipinski definition) is 3. The Morgan fingerprint density at radius 3 is 0.726 bits per heavy atom. The lowest BCUT2D eigenvalue weighted by atomic mass is 9.93. The van der Waals surface area contributed by atoms with Crippen molar-refractivity contribution in [2.75, 3.05) is 0 Å². The van der Waals surface area contributed by atoms with Crippen LogP contribution >= 0.6 is 0 Å². The topological polar surface area (TPSA) is 51.9 Å². The molecule has 696 valence electrons. The van der Waals surface area contributed by atoms with E-state index < -0.39 is 0 Å². The van der Waals surface area contributed by atoms with Crippen LogP contribution < -0.4 is 0 Å². The summed E-state index contributed by atoms with van der Waals surface area (Å²) in [4.78, 5) is 15.5. The van der Waals surface area contributed by atoms with Gasteiger partial charge in [-0.05, 0) is 262 Å². The van der Waals surface area contributed by atoms with E-state index in [0.717, 1.165) is 72.0 Å². The molecule has 0 N–H and O–H groups in total. The molecular weight excluding hydrogens is 1630 g/mol. The highest BCUT2D eigenvalue weighted by Gasteiger charge is 2.31. The number of nitrogens with zero attached hydrogens (tertiary/aromatic N) is 6. The van der Waals surface area contributed by atoms with Gasteiger partial charge in [-0.25, -0.2) is 15.0 Å². The molecule has 0 bridgehead atoms. The minimum absolute atomic E-state index is 0.989. The van der Waals surface area contributed by atoms with E-state index in [2.05, 4.69) is 304 Å². The molecule has 0 saturated heterocycles. The molecule has 0 atom stereocenters. The van der Waals surface area contributed by atoms with Gasteiger partial charge >= 0.3 is 0 Å². The predicted octanol–water partition coefficient (Wildman–Crippen LogP) is 39.2. The first-order valence-electron chi connectivity index (χ1n) is 52.0. The third-order valence-electron chi connectivity index (χ3n) is 24.5. The lowest BCUT2D eigenvalue weighted by Gasteiger charge is -2.15. The fourth-order valence-corrected chi connectivity index (χ4v) is 20.0. The summed E-state index contributed by atoms with van der Waals surface area (Å²) in [5.41, 5.74) is 47.0. The maximum Gasteiger partial charge on any atom is 0.146 e. The highest BCUT2D eigenvalue weighted by molar-refractivity contribution is 6.24. The number of benzene rings is 15. The minimum Gasteiger partial charge on any atom is -0.292 e. The van der Waals surface area contributed by atoms with Crippen LogP contribution in [-0.2, 0) is 38.5 Å². The molecule has 6 aromatic heterocycles. The lowest BCUT2D eigenvalue weighted by molar-refractivity contribution is 1.25. The van der Waals surface area contributed by atoms with Crippen LogP contribution in [0.25, 0.3) is 182 Å². The van der Waals surface area contributed by atoms with E-state index in [9.17, 15) is 0 Å². The summed E-state index contributed by atoms with van der Waals surface area (Å²) < 4.78 is 7.17. The van der Waals surface area contributed by atoms with Gasteiger partial charge in [0, 0.05) is 43.1 Å². The zero-order chi connectivity index (χ0) is 98.0. The van der Waals surface area contributed by atoms with Crippen molar-refractivity contribution in [3.63, 3.8) is 0 Å². The number of rotatable bonds is 0. The van der Waals surface area contributed by atoms with Crippen LogP contribution in [0.1, 0.15) is 274 Å². The molecule has 0 spiro atoms. The van der Waals surface area contributed by atoms with Gasteiger partial charge in [-0.2, -0.15) is 0 Å². The van der Waals surface area contributed by atoms with E-state index in [1.807, 2.05) is 208 Å². The van der Waals surface area contributed by atoms with Crippen LogP contribution in [0.5, 0.6) is 0 Å². The Morgan fingerprint density at radius 1 is 0.156 bits per heavy atom. The smallest absolute Gasteiger partial charge is 0.146 e. The van der Waals surface area contributed by atoms with Crippen LogP contribution in [0.15, 0.2) is 291 Å². The van der Waals surface area contributed by atoms with E-state index in [1.54, 1.807) is 0 Å². The van der Waals surface area contributed by atoms with E-state index in [4.69, 9.17) is 15.0 Å². The van der Waals surface area contributed by atoms with Crippen molar-refractivity contribution in [3.8, 4) is 66.8 Å². The molecule has 0 unspecified atom stereocenters. The Hall–Kier alpha value is -13.3. The molecule has 6 heteroatoms. The van der Waals surface area contributed by atoms with Crippen molar-refractivity contribution >= 4 is 115 Å². The van der Waals surface area contributed by atoms with Gasteiger partial charge in [-0.15, -0.1) is 0 Å². The second-order valence-electron chi connectivity index (χ2n) is 30.0. The molecule has 21 aromatic rings. The van der Waals surface area contributed by atoms with Gasteiger partial charge < -0.3 is 0 Å². The molecule has 6 heterocycles. The Labute approximate surface area is 808 Å². The zero-order valence-electron chi connectivity index (χ0n) is 87.1. The average Bonchev–Trinajstić information content (AvgIpc) is 1.56. The molecule has 0 saturated carbocycles. The maximum atomic E-state index is 5.18. The molecule has 0 radical (unpaired) electrons. The van der Waals surface area contributed by atoms with Gasteiger partial charge in [0.2, 0.25) is 0 Å². The number of imidazole rings is 3. The maximum absolute atomic E-state index is 5.18. The Bertz CT molecular complexity index is 7600. The highest BCUT2D eigenvalue weighted by Crippen LogP contribution is 2.52. The second kappa shape index (κ2) is 49.1. The molecular formula is C129H150N6.